The molecule has 3 nitrogen and oxygen atoms in total. The zero-order chi connectivity index (χ0) is 16.2. The summed E-state index contributed by atoms with van der Waals surface area (Å²) < 4.78 is 0. The highest BCUT2D eigenvalue weighted by atomic mass is 16.1. The normalized spacial score (nSPS) is 11.8. The first-order chi connectivity index (χ1) is 10.3. The van der Waals surface area contributed by atoms with E-state index in [0.717, 1.165) is 19.3 Å². The van der Waals surface area contributed by atoms with E-state index in [-0.39, 0.29) is 5.91 Å². The van der Waals surface area contributed by atoms with Crippen LogP contribution in [0.25, 0.3) is 10.9 Å². The topological polar surface area (TPSA) is 44.9 Å². The molecule has 0 aliphatic rings. The van der Waals surface area contributed by atoms with Crippen molar-refractivity contribution in [2.45, 2.75) is 53.4 Å². The molecule has 1 amide bonds. The predicted octanol–water partition coefficient (Wildman–Crippen LogP) is 4.35. The van der Waals surface area contributed by atoms with Gasteiger partial charge in [0.05, 0.1) is 0 Å². The minimum atomic E-state index is 0.167. The SMILES string of the molecule is Cc1ccc2c(CCNC(=O)CCCC(C)(C)C)c[nH]c2c1. The van der Waals surface area contributed by atoms with Gasteiger partial charge in [-0.1, -0.05) is 32.9 Å². The summed E-state index contributed by atoms with van der Waals surface area (Å²) in [6.07, 6.45) is 5.60. The maximum atomic E-state index is 11.8. The molecule has 2 aromatic rings. The molecule has 1 aromatic heterocycles. The van der Waals surface area contributed by atoms with Crippen molar-refractivity contribution < 1.29 is 4.79 Å². The lowest BCUT2D eigenvalue weighted by molar-refractivity contribution is -0.121. The number of aromatic amines is 1. The number of carbonyl (C=O) groups is 1. The van der Waals surface area contributed by atoms with Crippen LogP contribution in [0.5, 0.6) is 0 Å². The summed E-state index contributed by atoms with van der Waals surface area (Å²) in [5.74, 6) is 0.167. The molecular weight excluding hydrogens is 272 g/mol. The van der Waals surface area contributed by atoms with Gasteiger partial charge in [0.1, 0.15) is 0 Å². The smallest absolute Gasteiger partial charge is 0.220 e. The summed E-state index contributed by atoms with van der Waals surface area (Å²) in [6, 6.07) is 6.44. The van der Waals surface area contributed by atoms with E-state index >= 15 is 0 Å². The summed E-state index contributed by atoms with van der Waals surface area (Å²) in [5.41, 5.74) is 4.01. The molecule has 1 aromatic carbocycles. The van der Waals surface area contributed by atoms with Gasteiger partial charge in [0, 0.05) is 30.1 Å². The van der Waals surface area contributed by atoms with E-state index < -0.39 is 0 Å². The van der Waals surface area contributed by atoms with Gasteiger partial charge in [-0.15, -0.1) is 0 Å². The Hall–Kier alpha value is -1.77. The Morgan fingerprint density at radius 3 is 2.77 bits per heavy atom. The van der Waals surface area contributed by atoms with Gasteiger partial charge < -0.3 is 10.3 Å². The molecule has 120 valence electrons. The summed E-state index contributed by atoms with van der Waals surface area (Å²) in [7, 11) is 0. The maximum absolute atomic E-state index is 11.8. The van der Waals surface area contributed by atoms with Gasteiger partial charge in [-0.05, 0) is 48.8 Å². The molecule has 3 heteroatoms. The molecule has 0 saturated carbocycles. The van der Waals surface area contributed by atoms with Gasteiger partial charge in [-0.2, -0.15) is 0 Å². The fraction of sp³-hybridized carbons (Fsp3) is 0.526. The van der Waals surface area contributed by atoms with Gasteiger partial charge in [-0.25, -0.2) is 0 Å². The lowest BCUT2D eigenvalue weighted by Gasteiger charge is -2.17. The largest absolute Gasteiger partial charge is 0.361 e. The van der Waals surface area contributed by atoms with Crippen molar-refractivity contribution in [3.8, 4) is 0 Å². The molecule has 0 bridgehead atoms. The number of nitrogens with one attached hydrogen (secondary N) is 2. The lowest BCUT2D eigenvalue weighted by Crippen LogP contribution is -2.25. The van der Waals surface area contributed by atoms with Crippen molar-refractivity contribution in [3.05, 3.63) is 35.5 Å². The number of rotatable bonds is 6. The van der Waals surface area contributed by atoms with Crippen LogP contribution in [0, 0.1) is 12.3 Å². The van der Waals surface area contributed by atoms with Crippen LogP contribution < -0.4 is 5.32 Å². The molecule has 0 spiro atoms. The molecule has 22 heavy (non-hydrogen) atoms. The highest BCUT2D eigenvalue weighted by molar-refractivity contribution is 5.84. The van der Waals surface area contributed by atoms with Crippen LogP contribution >= 0.6 is 0 Å². The third kappa shape index (κ3) is 4.90. The molecule has 0 fully saturated rings. The van der Waals surface area contributed by atoms with Gasteiger partial charge in [0.15, 0.2) is 0 Å². The van der Waals surface area contributed by atoms with Gasteiger partial charge >= 0.3 is 0 Å². The number of carbonyl (C=O) groups excluding carboxylic acids is 1. The number of benzene rings is 1. The molecule has 0 saturated heterocycles. The van der Waals surface area contributed by atoms with Crippen LogP contribution in [0.1, 0.15) is 51.2 Å². The summed E-state index contributed by atoms with van der Waals surface area (Å²) in [6.45, 7) is 9.43. The fourth-order valence-electron chi connectivity index (χ4n) is 2.71. The number of aryl methyl sites for hydroxylation is 1. The minimum Gasteiger partial charge on any atom is -0.361 e. The second-order valence-electron chi connectivity index (χ2n) is 7.38. The average Bonchev–Trinajstić information content (AvgIpc) is 2.79. The molecule has 0 aliphatic heterocycles. The number of H-pyrrole nitrogens is 1. The summed E-state index contributed by atoms with van der Waals surface area (Å²) in [5, 5.41) is 4.29. The highest BCUT2D eigenvalue weighted by Gasteiger charge is 2.11. The first-order valence-electron chi connectivity index (χ1n) is 8.18. The van der Waals surface area contributed by atoms with Crippen LogP contribution in [-0.2, 0) is 11.2 Å². The minimum absolute atomic E-state index is 0.167. The monoisotopic (exact) mass is 300 g/mol. The van der Waals surface area contributed by atoms with E-state index in [1.54, 1.807) is 0 Å². The number of fused-ring (bicyclic) bond motifs is 1. The highest BCUT2D eigenvalue weighted by Crippen LogP contribution is 2.21. The zero-order valence-electron chi connectivity index (χ0n) is 14.3. The number of hydrogen-bond donors (Lipinski definition) is 2. The summed E-state index contributed by atoms with van der Waals surface area (Å²) >= 11 is 0. The molecule has 1 heterocycles. The second-order valence-corrected chi connectivity index (χ2v) is 7.38. The van der Waals surface area contributed by atoms with Crippen LogP contribution in [0.3, 0.4) is 0 Å². The Bertz CT molecular complexity index is 634. The Kier molecular flexibility index (Phi) is 5.28. The average molecular weight is 300 g/mol. The summed E-state index contributed by atoms with van der Waals surface area (Å²) in [4.78, 5) is 15.2. The van der Waals surface area contributed by atoms with E-state index in [0.29, 0.717) is 18.4 Å². The molecular formula is C19H28N2O. The van der Waals surface area contributed by atoms with Crippen LogP contribution in [0.4, 0.5) is 0 Å². The van der Waals surface area contributed by atoms with Crippen molar-refractivity contribution in [1.82, 2.24) is 10.3 Å². The predicted molar refractivity (Wildman–Crippen MR) is 93.1 cm³/mol. The van der Waals surface area contributed by atoms with Crippen LogP contribution in [-0.4, -0.2) is 17.4 Å². The molecule has 2 rings (SSSR count). The quantitative estimate of drug-likeness (QED) is 0.818. The van der Waals surface area contributed by atoms with E-state index in [9.17, 15) is 4.79 Å². The Balaban J connectivity index is 1.77. The third-order valence-electron chi connectivity index (χ3n) is 3.97. The van der Waals surface area contributed by atoms with Gasteiger partial charge in [0.2, 0.25) is 5.91 Å². The number of hydrogen-bond acceptors (Lipinski definition) is 1. The molecule has 0 radical (unpaired) electrons. The van der Waals surface area contributed by atoms with Gasteiger partial charge in [0.25, 0.3) is 0 Å². The van der Waals surface area contributed by atoms with Crippen molar-refractivity contribution in [2.75, 3.05) is 6.54 Å². The molecule has 0 atom stereocenters. The Morgan fingerprint density at radius 1 is 1.27 bits per heavy atom. The van der Waals surface area contributed by atoms with Crippen molar-refractivity contribution in [2.24, 2.45) is 5.41 Å². The Labute approximate surface area is 133 Å². The third-order valence-corrected chi connectivity index (χ3v) is 3.97. The number of amides is 1. The van der Waals surface area contributed by atoms with Crippen LogP contribution in [0.2, 0.25) is 0 Å². The maximum Gasteiger partial charge on any atom is 0.220 e. The first-order valence-corrected chi connectivity index (χ1v) is 8.18. The molecule has 0 unspecified atom stereocenters. The standard InChI is InChI=1S/C19H28N2O/c1-14-7-8-16-15(13-21-17(16)12-14)9-11-20-18(22)6-5-10-19(2,3)4/h7-8,12-13,21H,5-6,9-11H2,1-4H3,(H,20,22). The zero-order valence-corrected chi connectivity index (χ0v) is 14.3. The fourth-order valence-corrected chi connectivity index (χ4v) is 2.71. The van der Waals surface area contributed by atoms with E-state index in [1.807, 2.05) is 0 Å². The first kappa shape index (κ1) is 16.6. The van der Waals surface area contributed by atoms with Crippen LogP contribution in [0.15, 0.2) is 24.4 Å². The molecule has 0 aliphatic carbocycles. The van der Waals surface area contributed by atoms with Crippen molar-refractivity contribution >= 4 is 16.8 Å². The van der Waals surface area contributed by atoms with E-state index in [2.05, 4.69) is 62.4 Å². The Morgan fingerprint density at radius 2 is 2.05 bits per heavy atom. The molecule has 2 N–H and O–H groups in total. The van der Waals surface area contributed by atoms with E-state index in [4.69, 9.17) is 0 Å². The van der Waals surface area contributed by atoms with Gasteiger partial charge in [-0.3, -0.25) is 4.79 Å². The van der Waals surface area contributed by atoms with Crippen molar-refractivity contribution in [3.63, 3.8) is 0 Å². The number of aromatic nitrogens is 1. The second kappa shape index (κ2) is 6.99. The van der Waals surface area contributed by atoms with Crippen molar-refractivity contribution in [1.29, 1.82) is 0 Å². The van der Waals surface area contributed by atoms with E-state index in [1.165, 1.54) is 22.0 Å². The lowest BCUT2D eigenvalue weighted by atomic mass is 9.90.